The number of piperidine rings is 1. The Hall–Kier alpha value is -0.870. The highest BCUT2D eigenvalue weighted by Crippen LogP contribution is 2.22. The molecular formula is C14H21NO2S. The van der Waals surface area contributed by atoms with Crippen LogP contribution >= 0.6 is 0 Å². The average molecular weight is 267 g/mol. The van der Waals surface area contributed by atoms with Crippen LogP contribution in [0.2, 0.25) is 0 Å². The Morgan fingerprint density at radius 2 is 1.61 bits per heavy atom. The summed E-state index contributed by atoms with van der Waals surface area (Å²) in [5.74, 6) is 0. The van der Waals surface area contributed by atoms with Crippen molar-refractivity contribution in [1.82, 2.24) is 4.90 Å². The number of benzene rings is 1. The molecule has 0 amide bonds. The van der Waals surface area contributed by atoms with Gasteiger partial charge in [-0.1, -0.05) is 24.1 Å². The van der Waals surface area contributed by atoms with E-state index in [0.717, 1.165) is 31.5 Å². The van der Waals surface area contributed by atoms with Crippen molar-refractivity contribution in [3.63, 3.8) is 0 Å². The van der Waals surface area contributed by atoms with Crippen molar-refractivity contribution in [2.75, 3.05) is 13.1 Å². The van der Waals surface area contributed by atoms with Gasteiger partial charge in [-0.25, -0.2) is 8.42 Å². The number of nitrogens with zero attached hydrogens (tertiary/aromatic N) is 1. The Labute approximate surface area is 110 Å². The molecule has 1 unspecified atom stereocenters. The van der Waals surface area contributed by atoms with Crippen LogP contribution < -0.4 is 0 Å². The number of sulfone groups is 1. The van der Waals surface area contributed by atoms with Gasteiger partial charge in [0.15, 0.2) is 9.84 Å². The van der Waals surface area contributed by atoms with Gasteiger partial charge in [0.1, 0.15) is 5.37 Å². The first kappa shape index (κ1) is 13.6. The average Bonchev–Trinajstić information content (AvgIpc) is 2.39. The summed E-state index contributed by atoms with van der Waals surface area (Å²) in [6.45, 7) is 5.56. The Balaban J connectivity index is 2.21. The molecule has 0 radical (unpaired) electrons. The SMILES string of the molecule is Cc1ccc(S(=O)(=O)C(C)N2CCCCC2)cc1. The van der Waals surface area contributed by atoms with Crippen LogP contribution in [0.25, 0.3) is 0 Å². The van der Waals surface area contributed by atoms with Crippen LogP contribution in [0.15, 0.2) is 29.2 Å². The molecule has 0 saturated carbocycles. The standard InChI is InChI=1S/C14H21NO2S/c1-12-6-8-14(9-7-12)18(16,17)13(2)15-10-4-3-5-11-15/h6-9,13H,3-5,10-11H2,1-2H3. The Morgan fingerprint density at radius 1 is 1.06 bits per heavy atom. The lowest BCUT2D eigenvalue weighted by Crippen LogP contribution is -2.42. The molecule has 1 aromatic carbocycles. The van der Waals surface area contributed by atoms with Crippen LogP contribution in [0.3, 0.4) is 0 Å². The van der Waals surface area contributed by atoms with E-state index >= 15 is 0 Å². The zero-order chi connectivity index (χ0) is 13.2. The van der Waals surface area contributed by atoms with Gasteiger partial charge in [0.25, 0.3) is 0 Å². The molecule has 1 aliphatic rings. The lowest BCUT2D eigenvalue weighted by molar-refractivity contribution is 0.215. The molecule has 1 aromatic rings. The summed E-state index contributed by atoms with van der Waals surface area (Å²) in [6.07, 6.45) is 3.43. The molecule has 100 valence electrons. The first-order valence-electron chi connectivity index (χ1n) is 6.56. The van der Waals surface area contributed by atoms with E-state index in [1.807, 2.05) is 19.1 Å². The van der Waals surface area contributed by atoms with Crippen molar-refractivity contribution in [3.05, 3.63) is 29.8 Å². The quantitative estimate of drug-likeness (QED) is 0.845. The van der Waals surface area contributed by atoms with Gasteiger partial charge in [-0.05, 0) is 51.9 Å². The molecule has 1 heterocycles. The van der Waals surface area contributed by atoms with Crippen LogP contribution in [0.5, 0.6) is 0 Å². The largest absolute Gasteiger partial charge is 0.287 e. The highest BCUT2D eigenvalue weighted by molar-refractivity contribution is 7.92. The molecule has 0 spiro atoms. The molecule has 1 fully saturated rings. The second-order valence-electron chi connectivity index (χ2n) is 5.05. The summed E-state index contributed by atoms with van der Waals surface area (Å²) >= 11 is 0. The van der Waals surface area contributed by atoms with Gasteiger partial charge >= 0.3 is 0 Å². The van der Waals surface area contributed by atoms with Gasteiger partial charge in [-0.3, -0.25) is 4.90 Å². The van der Waals surface area contributed by atoms with Crippen LogP contribution in [0.4, 0.5) is 0 Å². The summed E-state index contributed by atoms with van der Waals surface area (Å²) in [5.41, 5.74) is 1.08. The van der Waals surface area contributed by atoms with Gasteiger partial charge in [0.2, 0.25) is 0 Å². The molecule has 3 nitrogen and oxygen atoms in total. The molecule has 1 aliphatic heterocycles. The van der Waals surface area contributed by atoms with Crippen molar-refractivity contribution in [2.24, 2.45) is 0 Å². The van der Waals surface area contributed by atoms with Crippen molar-refractivity contribution in [3.8, 4) is 0 Å². The molecule has 2 rings (SSSR count). The number of likely N-dealkylation sites (tertiary alicyclic amines) is 1. The predicted molar refractivity (Wildman–Crippen MR) is 73.3 cm³/mol. The van der Waals surface area contributed by atoms with E-state index in [0.29, 0.717) is 4.90 Å². The Bertz CT molecular complexity index is 487. The molecule has 1 atom stereocenters. The third-order valence-electron chi connectivity index (χ3n) is 3.70. The van der Waals surface area contributed by atoms with Crippen LogP contribution in [-0.2, 0) is 9.84 Å². The summed E-state index contributed by atoms with van der Waals surface area (Å²) in [5, 5.41) is -0.416. The van der Waals surface area contributed by atoms with Crippen molar-refractivity contribution >= 4 is 9.84 Å². The Kier molecular flexibility index (Phi) is 4.07. The fourth-order valence-corrected chi connectivity index (χ4v) is 3.92. The summed E-state index contributed by atoms with van der Waals surface area (Å²) in [4.78, 5) is 2.52. The van der Waals surface area contributed by atoms with Gasteiger partial charge in [-0.15, -0.1) is 0 Å². The number of hydrogen-bond donors (Lipinski definition) is 0. The van der Waals surface area contributed by atoms with E-state index < -0.39 is 15.2 Å². The maximum Gasteiger partial charge on any atom is 0.194 e. The highest BCUT2D eigenvalue weighted by atomic mass is 32.2. The van der Waals surface area contributed by atoms with Crippen molar-refractivity contribution in [2.45, 2.75) is 43.4 Å². The summed E-state index contributed by atoms with van der Waals surface area (Å²) in [6, 6.07) is 7.14. The zero-order valence-corrected chi connectivity index (χ0v) is 11.9. The first-order chi connectivity index (χ1) is 8.51. The fourth-order valence-electron chi connectivity index (χ4n) is 2.40. The van der Waals surface area contributed by atoms with E-state index in [4.69, 9.17) is 0 Å². The van der Waals surface area contributed by atoms with Gasteiger partial charge in [-0.2, -0.15) is 0 Å². The normalized spacial score (nSPS) is 19.7. The van der Waals surface area contributed by atoms with E-state index in [9.17, 15) is 8.42 Å². The van der Waals surface area contributed by atoms with E-state index in [-0.39, 0.29) is 0 Å². The third-order valence-corrected chi connectivity index (χ3v) is 5.83. The fraction of sp³-hybridized carbons (Fsp3) is 0.571. The molecule has 18 heavy (non-hydrogen) atoms. The van der Waals surface area contributed by atoms with Crippen LogP contribution in [0.1, 0.15) is 31.7 Å². The van der Waals surface area contributed by atoms with Crippen LogP contribution in [-0.4, -0.2) is 31.8 Å². The molecule has 0 aromatic heterocycles. The minimum Gasteiger partial charge on any atom is -0.287 e. The van der Waals surface area contributed by atoms with Crippen molar-refractivity contribution < 1.29 is 8.42 Å². The minimum atomic E-state index is -3.23. The van der Waals surface area contributed by atoms with Gasteiger partial charge in [0, 0.05) is 0 Å². The van der Waals surface area contributed by atoms with Crippen LogP contribution in [0, 0.1) is 6.92 Å². The topological polar surface area (TPSA) is 37.4 Å². The number of aryl methyl sites for hydroxylation is 1. The Morgan fingerprint density at radius 3 is 2.17 bits per heavy atom. The molecule has 0 bridgehead atoms. The maximum absolute atomic E-state index is 12.5. The molecule has 1 saturated heterocycles. The van der Waals surface area contributed by atoms with E-state index in [1.165, 1.54) is 6.42 Å². The van der Waals surface area contributed by atoms with Gasteiger partial charge in [0.05, 0.1) is 4.90 Å². The monoisotopic (exact) mass is 267 g/mol. The molecular weight excluding hydrogens is 246 g/mol. The predicted octanol–water partition coefficient (Wildman–Crippen LogP) is 2.60. The third kappa shape index (κ3) is 2.75. The van der Waals surface area contributed by atoms with E-state index in [1.54, 1.807) is 19.1 Å². The lowest BCUT2D eigenvalue weighted by atomic mass is 10.1. The lowest BCUT2D eigenvalue weighted by Gasteiger charge is -2.31. The molecule has 4 heteroatoms. The number of hydrogen-bond acceptors (Lipinski definition) is 3. The zero-order valence-electron chi connectivity index (χ0n) is 11.1. The smallest absolute Gasteiger partial charge is 0.194 e. The first-order valence-corrected chi connectivity index (χ1v) is 8.11. The summed E-state index contributed by atoms with van der Waals surface area (Å²) < 4.78 is 25.0. The second-order valence-corrected chi connectivity index (χ2v) is 7.30. The molecule has 0 N–H and O–H groups in total. The van der Waals surface area contributed by atoms with E-state index in [2.05, 4.69) is 4.90 Å². The molecule has 0 aliphatic carbocycles. The van der Waals surface area contributed by atoms with Crippen molar-refractivity contribution in [1.29, 1.82) is 0 Å². The number of rotatable bonds is 3. The highest BCUT2D eigenvalue weighted by Gasteiger charge is 2.29. The minimum absolute atomic E-state index is 0.416. The maximum atomic E-state index is 12.5. The summed E-state index contributed by atoms with van der Waals surface area (Å²) in [7, 11) is -3.23. The second kappa shape index (κ2) is 5.41. The van der Waals surface area contributed by atoms with Gasteiger partial charge < -0.3 is 0 Å².